The number of halogens is 3. The van der Waals surface area contributed by atoms with Crippen LogP contribution in [0.1, 0.15) is 5.56 Å². The summed E-state index contributed by atoms with van der Waals surface area (Å²) < 4.78 is 39.9. The standard InChI is InChI=1S/C14H11F3N4/c1-21-11-4-3-9(14(15,16)17)6-10(11)20-13(21)8-2-5-12(18)19-7-8/h2-7H,1H3,(H2,18,19). The average molecular weight is 292 g/mol. The number of aryl methyl sites for hydroxylation is 1. The van der Waals surface area contributed by atoms with Crippen LogP contribution >= 0.6 is 0 Å². The lowest BCUT2D eigenvalue weighted by molar-refractivity contribution is -0.137. The third kappa shape index (κ3) is 2.31. The molecule has 0 fully saturated rings. The lowest BCUT2D eigenvalue weighted by atomic mass is 10.2. The van der Waals surface area contributed by atoms with Gasteiger partial charge in [0.1, 0.15) is 11.6 Å². The Labute approximate surface area is 118 Å². The van der Waals surface area contributed by atoms with E-state index in [1.54, 1.807) is 29.9 Å². The minimum atomic E-state index is -4.38. The van der Waals surface area contributed by atoms with Crippen molar-refractivity contribution in [1.82, 2.24) is 14.5 Å². The maximum atomic E-state index is 12.7. The summed E-state index contributed by atoms with van der Waals surface area (Å²) in [4.78, 5) is 8.24. The Morgan fingerprint density at radius 1 is 1.14 bits per heavy atom. The molecule has 0 spiro atoms. The Morgan fingerprint density at radius 3 is 2.52 bits per heavy atom. The summed E-state index contributed by atoms with van der Waals surface area (Å²) in [6, 6.07) is 6.86. The summed E-state index contributed by atoms with van der Waals surface area (Å²) in [6.07, 6.45) is -2.84. The van der Waals surface area contributed by atoms with Crippen LogP contribution in [0, 0.1) is 0 Å². The average Bonchev–Trinajstić information content (AvgIpc) is 2.76. The van der Waals surface area contributed by atoms with Crippen LogP contribution in [0.3, 0.4) is 0 Å². The third-order valence-electron chi connectivity index (χ3n) is 3.25. The van der Waals surface area contributed by atoms with Gasteiger partial charge in [0.15, 0.2) is 0 Å². The van der Waals surface area contributed by atoms with Crippen LogP contribution in [-0.2, 0) is 13.2 Å². The number of nitrogens with two attached hydrogens (primary N) is 1. The predicted octanol–water partition coefficient (Wildman–Crippen LogP) is 3.24. The molecular weight excluding hydrogens is 281 g/mol. The van der Waals surface area contributed by atoms with Gasteiger partial charge in [0.2, 0.25) is 0 Å². The van der Waals surface area contributed by atoms with E-state index < -0.39 is 11.7 Å². The molecule has 2 aromatic heterocycles. The van der Waals surface area contributed by atoms with E-state index in [4.69, 9.17) is 5.73 Å². The number of benzene rings is 1. The Bertz CT molecular complexity index is 803. The number of alkyl halides is 3. The quantitative estimate of drug-likeness (QED) is 0.749. The normalized spacial score (nSPS) is 12.0. The van der Waals surface area contributed by atoms with Gasteiger partial charge in [-0.3, -0.25) is 0 Å². The molecule has 2 N–H and O–H groups in total. The van der Waals surface area contributed by atoms with Gasteiger partial charge >= 0.3 is 6.18 Å². The van der Waals surface area contributed by atoms with Crippen molar-refractivity contribution in [3.05, 3.63) is 42.1 Å². The SMILES string of the molecule is Cn1c(-c2ccc(N)nc2)nc2cc(C(F)(F)F)ccc21. The first-order valence-corrected chi connectivity index (χ1v) is 6.12. The number of rotatable bonds is 1. The van der Waals surface area contributed by atoms with Crippen LogP contribution in [0.2, 0.25) is 0 Å². The molecule has 0 aliphatic rings. The Hall–Kier alpha value is -2.57. The number of hydrogen-bond donors (Lipinski definition) is 1. The van der Waals surface area contributed by atoms with Crippen LogP contribution in [0.5, 0.6) is 0 Å². The van der Waals surface area contributed by atoms with Crippen LogP contribution in [0.15, 0.2) is 36.5 Å². The molecule has 0 atom stereocenters. The first-order chi connectivity index (χ1) is 9.86. The fourth-order valence-electron chi connectivity index (χ4n) is 2.17. The van der Waals surface area contributed by atoms with Gasteiger partial charge in [-0.05, 0) is 30.3 Å². The van der Waals surface area contributed by atoms with E-state index in [9.17, 15) is 13.2 Å². The number of hydrogen-bond acceptors (Lipinski definition) is 3. The zero-order valence-electron chi connectivity index (χ0n) is 11.0. The molecule has 0 aliphatic heterocycles. The largest absolute Gasteiger partial charge is 0.416 e. The van der Waals surface area contributed by atoms with Crippen LogP contribution in [0.25, 0.3) is 22.4 Å². The van der Waals surface area contributed by atoms with Gasteiger partial charge in [0.05, 0.1) is 16.6 Å². The number of pyridine rings is 1. The van der Waals surface area contributed by atoms with Crippen LogP contribution < -0.4 is 5.73 Å². The van der Waals surface area contributed by atoms with Crippen molar-refractivity contribution in [2.75, 3.05) is 5.73 Å². The maximum Gasteiger partial charge on any atom is 0.416 e. The van der Waals surface area contributed by atoms with E-state index in [2.05, 4.69) is 9.97 Å². The van der Waals surface area contributed by atoms with Crippen molar-refractivity contribution in [3.8, 4) is 11.4 Å². The molecule has 0 aliphatic carbocycles. The molecular formula is C14H11F3N4. The van der Waals surface area contributed by atoms with Crippen molar-refractivity contribution < 1.29 is 13.2 Å². The van der Waals surface area contributed by atoms with Crippen LogP contribution in [0.4, 0.5) is 19.0 Å². The van der Waals surface area contributed by atoms with Gasteiger partial charge in [-0.2, -0.15) is 13.2 Å². The zero-order valence-corrected chi connectivity index (χ0v) is 11.0. The monoisotopic (exact) mass is 292 g/mol. The molecule has 7 heteroatoms. The van der Waals surface area contributed by atoms with Gasteiger partial charge in [-0.1, -0.05) is 0 Å². The van der Waals surface area contributed by atoms with E-state index in [1.807, 2.05) is 0 Å². The van der Waals surface area contributed by atoms with Crippen molar-refractivity contribution in [3.63, 3.8) is 0 Å². The van der Waals surface area contributed by atoms with Gasteiger partial charge in [-0.25, -0.2) is 9.97 Å². The highest BCUT2D eigenvalue weighted by atomic mass is 19.4. The number of imidazole rings is 1. The van der Waals surface area contributed by atoms with Crippen molar-refractivity contribution >= 4 is 16.9 Å². The van der Waals surface area contributed by atoms with Gasteiger partial charge in [0, 0.05) is 18.8 Å². The van der Waals surface area contributed by atoms with Gasteiger partial charge < -0.3 is 10.3 Å². The van der Waals surface area contributed by atoms with E-state index in [-0.39, 0.29) is 0 Å². The highest BCUT2D eigenvalue weighted by molar-refractivity contribution is 5.81. The summed E-state index contributed by atoms with van der Waals surface area (Å²) in [5.41, 5.74) is 6.41. The molecule has 3 aromatic rings. The molecule has 1 aromatic carbocycles. The predicted molar refractivity (Wildman–Crippen MR) is 73.4 cm³/mol. The molecule has 3 rings (SSSR count). The van der Waals surface area contributed by atoms with E-state index >= 15 is 0 Å². The molecule has 21 heavy (non-hydrogen) atoms. The van der Waals surface area contributed by atoms with E-state index in [1.165, 1.54) is 6.07 Å². The Balaban J connectivity index is 2.17. The summed E-state index contributed by atoms with van der Waals surface area (Å²) in [6.45, 7) is 0. The summed E-state index contributed by atoms with van der Waals surface area (Å²) in [5.74, 6) is 0.911. The van der Waals surface area contributed by atoms with Crippen molar-refractivity contribution in [2.24, 2.45) is 7.05 Å². The highest BCUT2D eigenvalue weighted by Gasteiger charge is 2.31. The van der Waals surface area contributed by atoms with Crippen LogP contribution in [-0.4, -0.2) is 14.5 Å². The summed E-state index contributed by atoms with van der Waals surface area (Å²) >= 11 is 0. The molecule has 0 amide bonds. The number of aromatic nitrogens is 3. The lowest BCUT2D eigenvalue weighted by Gasteiger charge is -2.06. The second kappa shape index (κ2) is 4.47. The molecule has 108 valence electrons. The molecule has 4 nitrogen and oxygen atoms in total. The number of anilines is 1. The Kier molecular flexibility index (Phi) is 2.86. The molecule has 0 saturated heterocycles. The lowest BCUT2D eigenvalue weighted by Crippen LogP contribution is -2.04. The molecule has 0 saturated carbocycles. The van der Waals surface area contributed by atoms with Crippen molar-refractivity contribution in [1.29, 1.82) is 0 Å². The minimum Gasteiger partial charge on any atom is -0.384 e. The third-order valence-corrected chi connectivity index (χ3v) is 3.25. The van der Waals surface area contributed by atoms with Gasteiger partial charge in [0.25, 0.3) is 0 Å². The summed E-state index contributed by atoms with van der Waals surface area (Å²) in [5, 5.41) is 0. The topological polar surface area (TPSA) is 56.7 Å². The van der Waals surface area contributed by atoms with Gasteiger partial charge in [-0.15, -0.1) is 0 Å². The molecule has 2 heterocycles. The molecule has 0 bridgehead atoms. The van der Waals surface area contributed by atoms with E-state index in [0.29, 0.717) is 28.2 Å². The minimum absolute atomic E-state index is 0.291. The number of nitrogens with zero attached hydrogens (tertiary/aromatic N) is 3. The first-order valence-electron chi connectivity index (χ1n) is 6.12. The Morgan fingerprint density at radius 2 is 1.90 bits per heavy atom. The number of nitrogen functional groups attached to an aromatic ring is 1. The maximum absolute atomic E-state index is 12.7. The first kappa shape index (κ1) is 13.4. The second-order valence-corrected chi connectivity index (χ2v) is 4.67. The van der Waals surface area contributed by atoms with E-state index in [0.717, 1.165) is 12.1 Å². The zero-order chi connectivity index (χ0) is 15.2. The second-order valence-electron chi connectivity index (χ2n) is 4.67. The van der Waals surface area contributed by atoms with Crippen molar-refractivity contribution in [2.45, 2.75) is 6.18 Å². The fraction of sp³-hybridized carbons (Fsp3) is 0.143. The molecule has 0 unspecified atom stereocenters. The molecule has 0 radical (unpaired) electrons. The summed E-state index contributed by atoms with van der Waals surface area (Å²) in [7, 11) is 1.74. The number of fused-ring (bicyclic) bond motifs is 1. The smallest absolute Gasteiger partial charge is 0.384 e. The fourth-order valence-corrected chi connectivity index (χ4v) is 2.17. The highest BCUT2D eigenvalue weighted by Crippen LogP contribution is 2.32.